The Morgan fingerprint density at radius 2 is 2.19 bits per heavy atom. The van der Waals surface area contributed by atoms with Gasteiger partial charge >= 0.3 is 0 Å². The summed E-state index contributed by atoms with van der Waals surface area (Å²) in [4.78, 5) is 2.30. The molecule has 0 unspecified atom stereocenters. The first-order valence-corrected chi connectivity index (χ1v) is 7.24. The lowest BCUT2D eigenvalue weighted by molar-refractivity contribution is 0.0953. The maximum Gasteiger partial charge on any atom is 0.151 e. The van der Waals surface area contributed by atoms with Crippen molar-refractivity contribution < 1.29 is 4.74 Å². The molecule has 0 spiro atoms. The average Bonchev–Trinajstić information content (AvgIpc) is 3.07. The minimum atomic E-state index is 0.216. The van der Waals surface area contributed by atoms with Gasteiger partial charge in [-0.05, 0) is 37.5 Å². The zero-order valence-corrected chi connectivity index (χ0v) is 12.7. The summed E-state index contributed by atoms with van der Waals surface area (Å²) >= 11 is 0. The van der Waals surface area contributed by atoms with E-state index in [4.69, 9.17) is 4.74 Å². The fourth-order valence-corrected chi connectivity index (χ4v) is 2.99. The summed E-state index contributed by atoms with van der Waals surface area (Å²) in [6, 6.07) is 4.32. The van der Waals surface area contributed by atoms with E-state index in [1.807, 2.05) is 37.0 Å². The van der Waals surface area contributed by atoms with Crippen LogP contribution < -0.4 is 4.90 Å². The van der Waals surface area contributed by atoms with Crippen LogP contribution in [-0.2, 0) is 18.2 Å². The van der Waals surface area contributed by atoms with Gasteiger partial charge in [0.25, 0.3) is 0 Å². The second-order valence-corrected chi connectivity index (χ2v) is 5.58. The van der Waals surface area contributed by atoms with E-state index in [9.17, 15) is 0 Å². The molecule has 0 radical (unpaired) electrons. The summed E-state index contributed by atoms with van der Waals surface area (Å²) in [5.74, 6) is 0.925. The number of aryl methyl sites for hydroxylation is 2. The normalized spacial score (nSPS) is 22.0. The number of hydrogen-bond donors (Lipinski definition) is 0. The molecule has 2 aromatic heterocycles. The van der Waals surface area contributed by atoms with Crippen LogP contribution in [0, 0.1) is 6.92 Å². The second-order valence-electron chi connectivity index (χ2n) is 5.58. The Morgan fingerprint density at radius 1 is 1.33 bits per heavy atom. The Balaban J connectivity index is 1.83. The summed E-state index contributed by atoms with van der Waals surface area (Å²) < 4.78 is 7.50. The highest BCUT2D eigenvalue weighted by molar-refractivity contribution is 5.41. The van der Waals surface area contributed by atoms with E-state index in [1.54, 1.807) is 7.11 Å². The molecule has 0 aromatic carbocycles. The molecular weight excluding hydrogens is 266 g/mol. The predicted octanol–water partition coefficient (Wildman–Crippen LogP) is 1.35. The maximum atomic E-state index is 5.66. The van der Waals surface area contributed by atoms with Gasteiger partial charge in [0.2, 0.25) is 0 Å². The monoisotopic (exact) mass is 287 g/mol. The lowest BCUT2D eigenvalue weighted by Gasteiger charge is -2.27. The van der Waals surface area contributed by atoms with Gasteiger partial charge in [-0.3, -0.25) is 4.68 Å². The zero-order valence-electron chi connectivity index (χ0n) is 12.7. The van der Waals surface area contributed by atoms with Crippen molar-refractivity contribution in [2.75, 3.05) is 18.6 Å². The number of hydrogen-bond acceptors (Lipinski definition) is 5. The Kier molecular flexibility index (Phi) is 3.88. The maximum absolute atomic E-state index is 5.66. The first-order valence-electron chi connectivity index (χ1n) is 7.24. The molecule has 0 saturated carbocycles. The number of ether oxygens (including phenoxy) is 1. The Hall–Kier alpha value is -1.95. The van der Waals surface area contributed by atoms with Crippen LogP contribution >= 0.6 is 0 Å². The van der Waals surface area contributed by atoms with Gasteiger partial charge in [-0.1, -0.05) is 0 Å². The van der Waals surface area contributed by atoms with Crippen LogP contribution in [-0.4, -0.2) is 45.8 Å². The highest BCUT2D eigenvalue weighted by Crippen LogP contribution is 2.28. The predicted molar refractivity (Wildman–Crippen MR) is 80.2 cm³/mol. The largest absolute Gasteiger partial charge is 0.379 e. The Bertz CT molecular complexity index is 594. The van der Waals surface area contributed by atoms with Crippen LogP contribution in [0.15, 0.2) is 24.5 Å². The van der Waals surface area contributed by atoms with Gasteiger partial charge in [0, 0.05) is 26.9 Å². The molecule has 0 aliphatic carbocycles. The zero-order chi connectivity index (χ0) is 14.8. The average molecular weight is 287 g/mol. The molecule has 0 N–H and O–H groups in total. The van der Waals surface area contributed by atoms with E-state index >= 15 is 0 Å². The van der Waals surface area contributed by atoms with Crippen molar-refractivity contribution in [3.8, 4) is 0 Å². The van der Waals surface area contributed by atoms with Crippen LogP contribution in [0.4, 0.5) is 5.82 Å². The van der Waals surface area contributed by atoms with E-state index < -0.39 is 0 Å². The molecule has 112 valence electrons. The van der Waals surface area contributed by atoms with Crippen molar-refractivity contribution >= 4 is 5.82 Å². The van der Waals surface area contributed by atoms with Crippen LogP contribution in [0.3, 0.4) is 0 Å². The van der Waals surface area contributed by atoms with Gasteiger partial charge in [0.15, 0.2) is 5.82 Å². The second kappa shape index (κ2) is 5.81. The molecule has 0 bridgehead atoms. The third kappa shape index (κ3) is 2.90. The summed E-state index contributed by atoms with van der Waals surface area (Å²) in [6.45, 7) is 2.90. The minimum absolute atomic E-state index is 0.216. The number of anilines is 1. The van der Waals surface area contributed by atoms with Crippen molar-refractivity contribution in [3.05, 3.63) is 35.8 Å². The van der Waals surface area contributed by atoms with Crippen molar-refractivity contribution in [1.29, 1.82) is 0 Å². The van der Waals surface area contributed by atoms with Gasteiger partial charge in [-0.2, -0.15) is 10.2 Å². The fourth-order valence-electron chi connectivity index (χ4n) is 2.99. The van der Waals surface area contributed by atoms with Gasteiger partial charge in [-0.15, -0.1) is 5.10 Å². The first-order chi connectivity index (χ1) is 10.2. The summed E-state index contributed by atoms with van der Waals surface area (Å²) in [6.07, 6.45) is 6.11. The number of rotatable bonds is 4. The molecule has 6 nitrogen and oxygen atoms in total. The van der Waals surface area contributed by atoms with E-state index in [0.717, 1.165) is 30.9 Å². The van der Waals surface area contributed by atoms with Crippen LogP contribution in [0.25, 0.3) is 0 Å². The number of nitrogens with zero attached hydrogens (tertiary/aromatic N) is 5. The van der Waals surface area contributed by atoms with Crippen molar-refractivity contribution in [2.45, 2.75) is 31.9 Å². The number of methoxy groups -OCH3 is 1. The number of aromatic nitrogens is 4. The van der Waals surface area contributed by atoms with Gasteiger partial charge < -0.3 is 9.64 Å². The first kappa shape index (κ1) is 14.0. The summed E-state index contributed by atoms with van der Waals surface area (Å²) in [5, 5.41) is 12.7. The standard InChI is InChI=1S/C15H21N5O/c1-11-4-5-15(18-17-11)20-7-6-14(21-3)13(20)8-12-9-16-19(2)10-12/h4-5,9-10,13-14H,6-8H2,1-3H3/t13-,14-/m1/s1. The van der Waals surface area contributed by atoms with Gasteiger partial charge in [0.05, 0.1) is 24.0 Å². The van der Waals surface area contributed by atoms with Crippen LogP contribution in [0.2, 0.25) is 0 Å². The molecule has 0 amide bonds. The lowest BCUT2D eigenvalue weighted by atomic mass is 10.0. The molecule has 1 aliphatic heterocycles. The highest BCUT2D eigenvalue weighted by atomic mass is 16.5. The van der Waals surface area contributed by atoms with Gasteiger partial charge in [-0.25, -0.2) is 0 Å². The SMILES string of the molecule is CO[C@@H]1CCN(c2ccc(C)nn2)[C@@H]1Cc1cnn(C)c1. The van der Waals surface area contributed by atoms with Crippen LogP contribution in [0.5, 0.6) is 0 Å². The van der Waals surface area contributed by atoms with E-state index in [1.165, 1.54) is 5.56 Å². The quantitative estimate of drug-likeness (QED) is 0.849. The van der Waals surface area contributed by atoms with Crippen molar-refractivity contribution in [2.24, 2.45) is 7.05 Å². The molecule has 1 saturated heterocycles. The fraction of sp³-hybridized carbons (Fsp3) is 0.533. The molecule has 2 aromatic rings. The molecule has 3 rings (SSSR count). The van der Waals surface area contributed by atoms with Crippen LogP contribution in [0.1, 0.15) is 17.7 Å². The van der Waals surface area contributed by atoms with E-state index in [-0.39, 0.29) is 12.1 Å². The van der Waals surface area contributed by atoms with E-state index in [2.05, 4.69) is 26.4 Å². The molecule has 3 heterocycles. The smallest absolute Gasteiger partial charge is 0.151 e. The molecule has 2 atom stereocenters. The summed E-state index contributed by atoms with van der Waals surface area (Å²) in [5.41, 5.74) is 2.15. The Labute approximate surface area is 124 Å². The third-order valence-corrected chi connectivity index (χ3v) is 4.07. The molecule has 1 fully saturated rings. The highest BCUT2D eigenvalue weighted by Gasteiger charge is 2.35. The molecule has 21 heavy (non-hydrogen) atoms. The molecule has 6 heteroatoms. The minimum Gasteiger partial charge on any atom is -0.379 e. The van der Waals surface area contributed by atoms with Crippen molar-refractivity contribution in [3.63, 3.8) is 0 Å². The van der Waals surface area contributed by atoms with E-state index in [0.29, 0.717) is 0 Å². The van der Waals surface area contributed by atoms with Crippen molar-refractivity contribution in [1.82, 2.24) is 20.0 Å². The lowest BCUT2D eigenvalue weighted by Crippen LogP contribution is -2.38. The molecular formula is C15H21N5O. The summed E-state index contributed by atoms with van der Waals surface area (Å²) in [7, 11) is 3.72. The van der Waals surface area contributed by atoms with Gasteiger partial charge in [0.1, 0.15) is 0 Å². The molecule has 1 aliphatic rings. The third-order valence-electron chi connectivity index (χ3n) is 4.07. The topological polar surface area (TPSA) is 56.1 Å². The Morgan fingerprint density at radius 3 is 2.81 bits per heavy atom.